The van der Waals surface area contributed by atoms with E-state index < -0.39 is 29.1 Å². The van der Waals surface area contributed by atoms with E-state index in [4.69, 9.17) is 0 Å². The monoisotopic (exact) mass is 521 g/mol. The zero-order valence-corrected chi connectivity index (χ0v) is 23.0. The van der Waals surface area contributed by atoms with Crippen molar-refractivity contribution in [3.63, 3.8) is 0 Å². The number of carbonyl (C=O) groups excluding carboxylic acids is 3. The van der Waals surface area contributed by atoms with Crippen LogP contribution in [0.5, 0.6) is 0 Å². The average molecular weight is 521 g/mol. The van der Waals surface area contributed by atoms with E-state index in [1.54, 1.807) is 26.0 Å². The molecule has 2 unspecified atom stereocenters. The van der Waals surface area contributed by atoms with Crippen molar-refractivity contribution in [2.45, 2.75) is 64.8 Å². The van der Waals surface area contributed by atoms with Gasteiger partial charge in [0, 0.05) is 13.0 Å². The lowest BCUT2D eigenvalue weighted by Crippen LogP contribution is -2.58. The van der Waals surface area contributed by atoms with E-state index in [0.717, 1.165) is 21.7 Å². The lowest BCUT2D eigenvalue weighted by atomic mass is 9.55. The molecule has 0 saturated carbocycles. The zero-order valence-electron chi connectivity index (χ0n) is 22.2. The van der Waals surface area contributed by atoms with Crippen molar-refractivity contribution >= 4 is 49.7 Å². The Morgan fingerprint density at radius 1 is 1.32 bits per heavy atom. The summed E-state index contributed by atoms with van der Waals surface area (Å²) in [6.07, 6.45) is -0.506. The molecule has 194 valence electrons. The maximum Gasteiger partial charge on any atom is 0.277 e. The Morgan fingerprint density at radius 3 is 2.57 bits per heavy atom. The fourth-order valence-corrected chi connectivity index (χ4v) is 5.65. The van der Waals surface area contributed by atoms with Crippen molar-refractivity contribution in [3.05, 3.63) is 41.0 Å². The highest BCUT2D eigenvalue weighted by molar-refractivity contribution is 7.13. The van der Waals surface area contributed by atoms with Crippen molar-refractivity contribution in [2.75, 3.05) is 6.54 Å². The number of benzene rings is 1. The van der Waals surface area contributed by atoms with E-state index in [0.29, 0.717) is 5.84 Å². The van der Waals surface area contributed by atoms with Gasteiger partial charge >= 0.3 is 0 Å². The van der Waals surface area contributed by atoms with Gasteiger partial charge in [0.25, 0.3) is 5.91 Å². The summed E-state index contributed by atoms with van der Waals surface area (Å²) < 4.78 is 0. The molecule has 1 fully saturated rings. The number of amidine groups is 1. The Balaban J connectivity index is 1.57. The summed E-state index contributed by atoms with van der Waals surface area (Å²) >= 11 is 1.57. The van der Waals surface area contributed by atoms with Gasteiger partial charge in [-0.05, 0) is 30.4 Å². The number of hydrogen-bond donors (Lipinski definition) is 3. The second kappa shape index (κ2) is 10.1. The number of amides is 3. The number of aliphatic hydroxyl groups is 1. The molecule has 0 aliphatic carbocycles. The van der Waals surface area contributed by atoms with Crippen molar-refractivity contribution in [3.8, 4) is 10.4 Å². The number of aliphatic imine (C=N–C) groups is 1. The molecule has 3 heterocycles. The highest BCUT2D eigenvalue weighted by Crippen LogP contribution is 2.34. The van der Waals surface area contributed by atoms with Gasteiger partial charge in [-0.25, -0.2) is 4.98 Å². The molecule has 3 N–H and O–H groups in total. The van der Waals surface area contributed by atoms with Crippen LogP contribution in [0.1, 0.15) is 45.4 Å². The number of aliphatic hydroxyl groups excluding tert-OH is 1. The third-order valence-electron chi connectivity index (χ3n) is 7.11. The van der Waals surface area contributed by atoms with Gasteiger partial charge in [-0.2, -0.15) is 4.99 Å². The predicted octanol–water partition coefficient (Wildman–Crippen LogP) is 0.933. The predicted molar refractivity (Wildman–Crippen MR) is 149 cm³/mol. The minimum Gasteiger partial charge on any atom is -0.391 e. The van der Waals surface area contributed by atoms with Crippen molar-refractivity contribution in [1.82, 2.24) is 20.5 Å². The minimum absolute atomic E-state index is 0.104. The molecule has 1 aromatic heterocycles. The van der Waals surface area contributed by atoms with Gasteiger partial charge < -0.3 is 20.6 Å². The molecule has 0 radical (unpaired) electrons. The van der Waals surface area contributed by atoms with Crippen molar-refractivity contribution in [1.29, 1.82) is 0 Å². The number of hydrogen-bond acceptors (Lipinski definition) is 7. The maximum atomic E-state index is 13.7. The van der Waals surface area contributed by atoms with E-state index in [1.165, 1.54) is 4.90 Å². The number of aromatic nitrogens is 1. The van der Waals surface area contributed by atoms with Crippen LogP contribution in [0.4, 0.5) is 4.79 Å². The molecule has 1 saturated heterocycles. The summed E-state index contributed by atoms with van der Waals surface area (Å²) in [4.78, 5) is 50.3. The minimum atomic E-state index is -1.10. The Hall–Kier alpha value is -2.98. The number of rotatable bonds is 6. The normalized spacial score (nSPS) is 24.4. The van der Waals surface area contributed by atoms with Gasteiger partial charge in [-0.15, -0.1) is 11.3 Å². The Bertz CT molecular complexity index is 1240. The first-order valence-corrected chi connectivity index (χ1v) is 13.4. The van der Waals surface area contributed by atoms with Crippen LogP contribution in [0.15, 0.2) is 34.8 Å². The fraction of sp³-hybridized carbons (Fsp3) is 0.480. The van der Waals surface area contributed by atoms with E-state index in [9.17, 15) is 19.5 Å². The SMILES string of the molecule is BBC(=O)NC(C(=O)N1C[C@H](O)C[C@H]1C1=NC(=O)C(C)(c2ccc(-c3scnc3C)cc2)N1)C(C)(C)C. The van der Waals surface area contributed by atoms with Gasteiger partial charge in [-0.1, -0.05) is 45.0 Å². The molecular weight excluding hydrogens is 488 g/mol. The second-order valence-corrected chi connectivity index (χ2v) is 11.9. The van der Waals surface area contributed by atoms with Gasteiger partial charge in [-0.3, -0.25) is 14.4 Å². The van der Waals surface area contributed by atoms with Crippen LogP contribution in [0.2, 0.25) is 0 Å². The topological polar surface area (TPSA) is 124 Å². The molecule has 3 amide bonds. The van der Waals surface area contributed by atoms with Crippen molar-refractivity contribution in [2.24, 2.45) is 10.4 Å². The fourth-order valence-electron chi connectivity index (χ4n) is 4.84. The summed E-state index contributed by atoms with van der Waals surface area (Å²) in [5.74, 6) is -0.523. The molecule has 0 bridgehead atoms. The standard InChI is InChI=1S/C25H33B2N5O4S/c1-13-18(37-12-28-13)14-6-8-15(9-7-14)25(5)22(35)30-20(31-25)17-10-16(33)11-32(17)21(34)19(24(2,3)4)29-23(36)27-26/h6-9,12,16-17,19,27,33H,10-11,26H2,1-5H3,(H,29,36)(H,30,31,35)/t16-,17+,19?,25?/m1/s1. The van der Waals surface area contributed by atoms with Crippen LogP contribution in [-0.2, 0) is 15.1 Å². The van der Waals surface area contributed by atoms with Crippen LogP contribution in [-0.4, -0.2) is 78.1 Å². The van der Waals surface area contributed by atoms with Gasteiger partial charge in [0.1, 0.15) is 17.4 Å². The summed E-state index contributed by atoms with van der Waals surface area (Å²) in [7, 11) is 1.99. The molecule has 2 aliphatic heterocycles. The molecule has 12 heteroatoms. The smallest absolute Gasteiger partial charge is 0.277 e. The largest absolute Gasteiger partial charge is 0.391 e. The van der Waals surface area contributed by atoms with E-state index in [-0.39, 0.29) is 37.8 Å². The number of carbonyl (C=O) groups is 3. The Labute approximate surface area is 222 Å². The van der Waals surface area contributed by atoms with Crippen LogP contribution < -0.4 is 10.6 Å². The first-order valence-electron chi connectivity index (χ1n) is 12.5. The molecule has 1 aromatic carbocycles. The van der Waals surface area contributed by atoms with Crippen LogP contribution in [0.25, 0.3) is 10.4 Å². The first kappa shape index (κ1) is 27.1. The van der Waals surface area contributed by atoms with Crippen molar-refractivity contribution < 1.29 is 19.5 Å². The van der Waals surface area contributed by atoms with Crippen LogP contribution >= 0.6 is 11.3 Å². The van der Waals surface area contributed by atoms with Crippen LogP contribution in [0, 0.1) is 12.3 Å². The number of nitrogens with zero attached hydrogens (tertiary/aromatic N) is 3. The molecule has 2 aliphatic rings. The van der Waals surface area contributed by atoms with Gasteiger partial charge in [0.15, 0.2) is 13.0 Å². The second-order valence-electron chi connectivity index (χ2n) is 11.0. The third kappa shape index (κ3) is 5.22. The van der Waals surface area contributed by atoms with Crippen LogP contribution in [0.3, 0.4) is 0 Å². The highest BCUT2D eigenvalue weighted by Gasteiger charge is 2.49. The van der Waals surface area contributed by atoms with E-state index in [2.05, 4.69) is 20.6 Å². The number of nitrogens with one attached hydrogen (secondary N) is 2. The van der Waals surface area contributed by atoms with E-state index >= 15 is 0 Å². The average Bonchev–Trinajstić information content (AvgIpc) is 3.53. The number of β-amino-alcohol motifs (C(OH)–C–C–N with tert-alkyl or cyclic N) is 1. The molecule has 37 heavy (non-hydrogen) atoms. The Kier molecular flexibility index (Phi) is 7.36. The zero-order chi connectivity index (χ0) is 27.1. The number of aryl methyl sites for hydroxylation is 1. The maximum absolute atomic E-state index is 13.7. The number of thiazole rings is 1. The first-order chi connectivity index (χ1) is 17.3. The highest BCUT2D eigenvalue weighted by atomic mass is 32.1. The van der Waals surface area contributed by atoms with Gasteiger partial charge in [0.05, 0.1) is 36.0 Å². The molecule has 9 nitrogen and oxygen atoms in total. The quantitative estimate of drug-likeness (QED) is 0.487. The summed E-state index contributed by atoms with van der Waals surface area (Å²) in [6.45, 7) is 9.50. The molecule has 2 aromatic rings. The summed E-state index contributed by atoms with van der Waals surface area (Å²) in [5, 5.41) is 16.6. The molecule has 0 spiro atoms. The number of likely N-dealkylation sites (tertiary alicyclic amines) is 1. The lowest BCUT2D eigenvalue weighted by Gasteiger charge is -2.36. The van der Waals surface area contributed by atoms with Gasteiger partial charge in [0.2, 0.25) is 5.91 Å². The Morgan fingerprint density at radius 2 is 2.00 bits per heavy atom. The third-order valence-corrected chi connectivity index (χ3v) is 8.09. The summed E-state index contributed by atoms with van der Waals surface area (Å²) in [5.41, 5.74) is 2.89. The lowest BCUT2D eigenvalue weighted by molar-refractivity contribution is -0.136. The molecule has 4 rings (SSSR count). The molecule has 4 atom stereocenters. The van der Waals surface area contributed by atoms with E-state index in [1.807, 2.05) is 57.5 Å². The molecular formula is C25H33B2N5O4S. The summed E-state index contributed by atoms with van der Waals surface area (Å²) in [6, 6.07) is 6.36.